The minimum atomic E-state index is -3.35. The molecule has 0 spiro atoms. The molecule has 0 aromatic heterocycles. The Kier molecular flexibility index (Phi) is 6.49. The molecule has 2 aromatic carbocycles. The molecule has 1 atom stereocenters. The largest absolute Gasteiger partial charge is 0.490 e. The Bertz CT molecular complexity index is 1020. The number of amides is 1. The number of anilines is 1. The zero-order valence-electron chi connectivity index (χ0n) is 16.2. The quantitative estimate of drug-likeness (QED) is 0.654. The number of carbonyl (C=O) groups is 1. The molecule has 0 N–H and O–H groups in total. The highest BCUT2D eigenvalue weighted by Gasteiger charge is 2.32. The molecular weight excluding hydrogens is 414 g/mol. The summed E-state index contributed by atoms with van der Waals surface area (Å²) in [5, 5.41) is 1.67. The molecule has 0 aliphatic carbocycles. The number of hydrogen-bond donors (Lipinski definition) is 0. The van der Waals surface area contributed by atoms with Crippen LogP contribution < -0.4 is 14.4 Å². The minimum absolute atomic E-state index is 0.170. The number of carbonyl (C=O) groups excluding carboxylic acids is 1. The summed E-state index contributed by atoms with van der Waals surface area (Å²) in [6, 6.07) is 11.0. The maximum absolute atomic E-state index is 13.4. The highest BCUT2D eigenvalue weighted by atomic mass is 35.5. The molecule has 0 fully saturated rings. The van der Waals surface area contributed by atoms with E-state index >= 15 is 0 Å². The van der Waals surface area contributed by atoms with E-state index in [1.54, 1.807) is 42.5 Å². The summed E-state index contributed by atoms with van der Waals surface area (Å²) < 4.78 is 35.1. The lowest BCUT2D eigenvalue weighted by molar-refractivity contribution is 0.0982. The van der Waals surface area contributed by atoms with Crippen molar-refractivity contribution in [2.75, 3.05) is 23.9 Å². The zero-order valence-corrected chi connectivity index (χ0v) is 17.7. The number of rotatable bonds is 7. The molecule has 0 saturated carbocycles. The third-order valence-corrected chi connectivity index (χ3v) is 5.99. The topological polar surface area (TPSA) is 72.9 Å². The van der Waals surface area contributed by atoms with E-state index in [0.717, 1.165) is 5.41 Å². The first-order valence-corrected chi connectivity index (χ1v) is 11.3. The minimum Gasteiger partial charge on any atom is -0.490 e. The number of benzene rings is 2. The average Bonchev–Trinajstić information content (AvgIpc) is 3.04. The lowest BCUT2D eigenvalue weighted by Crippen LogP contribution is -2.41. The maximum atomic E-state index is 13.4. The second-order valence-corrected chi connectivity index (χ2v) is 8.77. The van der Waals surface area contributed by atoms with Crippen LogP contribution in [-0.2, 0) is 9.84 Å². The second-order valence-electron chi connectivity index (χ2n) is 6.40. The van der Waals surface area contributed by atoms with Gasteiger partial charge in [-0.1, -0.05) is 11.6 Å². The van der Waals surface area contributed by atoms with Crippen molar-refractivity contribution in [3.8, 4) is 11.5 Å². The van der Waals surface area contributed by atoms with Crippen LogP contribution in [0.15, 0.2) is 53.9 Å². The Balaban J connectivity index is 2.01. The van der Waals surface area contributed by atoms with Gasteiger partial charge in [-0.3, -0.25) is 4.79 Å². The van der Waals surface area contributed by atoms with Crippen molar-refractivity contribution in [2.45, 2.75) is 19.9 Å². The summed E-state index contributed by atoms with van der Waals surface area (Å²) in [5.74, 6) is 0.498. The molecule has 1 aliphatic rings. The lowest BCUT2D eigenvalue weighted by Gasteiger charge is -2.28. The van der Waals surface area contributed by atoms with Gasteiger partial charge >= 0.3 is 0 Å². The van der Waals surface area contributed by atoms with Crippen molar-refractivity contribution in [2.24, 2.45) is 0 Å². The summed E-state index contributed by atoms with van der Waals surface area (Å²) in [6.45, 7) is 4.60. The van der Waals surface area contributed by atoms with Crippen molar-refractivity contribution in [1.82, 2.24) is 0 Å². The Hall–Kier alpha value is -2.51. The molecule has 154 valence electrons. The summed E-state index contributed by atoms with van der Waals surface area (Å²) in [7, 11) is -3.35. The first kappa shape index (κ1) is 21.2. The van der Waals surface area contributed by atoms with Gasteiger partial charge in [0.1, 0.15) is 0 Å². The molecule has 3 rings (SSSR count). The first-order chi connectivity index (χ1) is 13.8. The van der Waals surface area contributed by atoms with E-state index in [1.165, 1.54) is 11.0 Å². The number of halogens is 1. The van der Waals surface area contributed by atoms with Crippen LogP contribution in [0.25, 0.3) is 0 Å². The van der Waals surface area contributed by atoms with Gasteiger partial charge in [-0.25, -0.2) is 8.42 Å². The fraction of sp³-hybridized carbons (Fsp3) is 0.286. The van der Waals surface area contributed by atoms with Crippen LogP contribution in [0.3, 0.4) is 0 Å². The van der Waals surface area contributed by atoms with E-state index in [0.29, 0.717) is 41.0 Å². The molecule has 0 saturated heterocycles. The monoisotopic (exact) mass is 435 g/mol. The second kappa shape index (κ2) is 8.88. The molecule has 8 heteroatoms. The van der Waals surface area contributed by atoms with Gasteiger partial charge in [0, 0.05) is 21.7 Å². The maximum Gasteiger partial charge on any atom is 0.258 e. The normalized spacial score (nSPS) is 17.1. The van der Waals surface area contributed by atoms with Crippen LogP contribution in [0, 0.1) is 0 Å². The van der Waals surface area contributed by atoms with Gasteiger partial charge in [-0.15, -0.1) is 0 Å². The Morgan fingerprint density at radius 3 is 2.31 bits per heavy atom. The third kappa shape index (κ3) is 4.92. The summed E-state index contributed by atoms with van der Waals surface area (Å²) in [4.78, 5) is 14.9. The van der Waals surface area contributed by atoms with Gasteiger partial charge in [-0.2, -0.15) is 0 Å². The van der Waals surface area contributed by atoms with E-state index in [9.17, 15) is 13.2 Å². The predicted octanol–water partition coefficient (Wildman–Crippen LogP) is 4.09. The molecule has 1 aliphatic heterocycles. The molecule has 1 amide bonds. The standard InChI is InChI=1S/C21H22ClNO5S/c1-3-27-19-10-5-15(13-20(19)28-4-2)21(24)23(17-8-6-16(22)7-9-17)18-11-12-29(25,26)14-18/h5-13,18H,3-4,14H2,1-2H3/t18-/m0/s1. The predicted molar refractivity (Wildman–Crippen MR) is 114 cm³/mol. The molecule has 0 bridgehead atoms. The van der Waals surface area contributed by atoms with Gasteiger partial charge in [0.15, 0.2) is 21.3 Å². The van der Waals surface area contributed by atoms with Crippen molar-refractivity contribution in [3.05, 3.63) is 64.5 Å². The zero-order chi connectivity index (χ0) is 21.0. The number of ether oxygens (including phenoxy) is 2. The van der Waals surface area contributed by atoms with Gasteiger partial charge in [0.2, 0.25) is 0 Å². The molecule has 0 unspecified atom stereocenters. The van der Waals surface area contributed by atoms with Crippen LogP contribution in [0.1, 0.15) is 24.2 Å². The van der Waals surface area contributed by atoms with Gasteiger partial charge < -0.3 is 14.4 Å². The average molecular weight is 436 g/mol. The summed E-state index contributed by atoms with van der Waals surface area (Å²) >= 11 is 5.98. The van der Waals surface area contributed by atoms with E-state index in [4.69, 9.17) is 21.1 Å². The smallest absolute Gasteiger partial charge is 0.258 e. The first-order valence-electron chi connectivity index (χ1n) is 9.24. The van der Waals surface area contributed by atoms with Crippen LogP contribution in [0.2, 0.25) is 5.02 Å². The van der Waals surface area contributed by atoms with E-state index in [1.807, 2.05) is 13.8 Å². The molecule has 2 aromatic rings. The summed E-state index contributed by atoms with van der Waals surface area (Å²) in [5.41, 5.74) is 0.919. The highest BCUT2D eigenvalue weighted by Crippen LogP contribution is 2.31. The van der Waals surface area contributed by atoms with Gasteiger partial charge in [0.25, 0.3) is 5.91 Å². The van der Waals surface area contributed by atoms with E-state index < -0.39 is 15.9 Å². The van der Waals surface area contributed by atoms with Crippen molar-refractivity contribution in [3.63, 3.8) is 0 Å². The van der Waals surface area contributed by atoms with Crippen LogP contribution >= 0.6 is 11.6 Å². The van der Waals surface area contributed by atoms with Gasteiger partial charge in [0.05, 0.1) is 25.0 Å². The molecule has 29 heavy (non-hydrogen) atoms. The molecular formula is C21H22ClNO5S. The van der Waals surface area contributed by atoms with Crippen molar-refractivity contribution in [1.29, 1.82) is 0 Å². The molecule has 6 nitrogen and oxygen atoms in total. The van der Waals surface area contributed by atoms with E-state index in [-0.39, 0.29) is 11.7 Å². The third-order valence-electron chi connectivity index (χ3n) is 4.36. The molecule has 0 radical (unpaired) electrons. The van der Waals surface area contributed by atoms with E-state index in [2.05, 4.69) is 0 Å². The Labute approximate surface area is 175 Å². The van der Waals surface area contributed by atoms with Crippen molar-refractivity contribution < 1.29 is 22.7 Å². The molecule has 1 heterocycles. The number of nitrogens with zero attached hydrogens (tertiary/aromatic N) is 1. The lowest BCUT2D eigenvalue weighted by atomic mass is 10.1. The van der Waals surface area contributed by atoms with Crippen LogP contribution in [-0.4, -0.2) is 39.3 Å². The van der Waals surface area contributed by atoms with Crippen LogP contribution in [0.5, 0.6) is 11.5 Å². The number of sulfone groups is 1. The Morgan fingerprint density at radius 2 is 1.72 bits per heavy atom. The fourth-order valence-corrected chi connectivity index (χ4v) is 4.50. The highest BCUT2D eigenvalue weighted by molar-refractivity contribution is 7.94. The number of hydrogen-bond acceptors (Lipinski definition) is 5. The Morgan fingerprint density at radius 1 is 1.07 bits per heavy atom. The summed E-state index contributed by atoms with van der Waals surface area (Å²) in [6.07, 6.45) is 1.53. The van der Waals surface area contributed by atoms with Crippen LogP contribution in [0.4, 0.5) is 5.69 Å². The van der Waals surface area contributed by atoms with Gasteiger partial charge in [-0.05, 0) is 62.4 Å². The van der Waals surface area contributed by atoms with Crippen molar-refractivity contribution >= 4 is 33.0 Å². The fourth-order valence-electron chi connectivity index (χ4n) is 3.10. The SMILES string of the molecule is CCOc1ccc(C(=O)N(c2ccc(Cl)cc2)[C@H]2C=CS(=O)(=O)C2)cc1OCC.